The number of aliphatic carboxylic acids is 1. The highest BCUT2D eigenvalue weighted by Gasteiger charge is 2.38. The maximum atomic E-state index is 13.5. The van der Waals surface area contributed by atoms with Crippen LogP contribution < -0.4 is 5.56 Å². The Kier molecular flexibility index (Phi) is 7.92. The maximum Gasteiger partial charge on any atom is 0.490 e. The zero-order chi connectivity index (χ0) is 20.8. The third kappa shape index (κ3) is 7.35. The van der Waals surface area contributed by atoms with Gasteiger partial charge in [0.15, 0.2) is 0 Å². The number of carbonyl (C=O) groups is 1. The molecule has 27 heavy (non-hydrogen) atoms. The summed E-state index contributed by atoms with van der Waals surface area (Å²) in [6, 6.07) is 5.27. The molecular weight excluding hydrogens is 399 g/mol. The Morgan fingerprint density at radius 3 is 2.22 bits per heavy atom. The van der Waals surface area contributed by atoms with Crippen molar-refractivity contribution >= 4 is 17.6 Å². The van der Waals surface area contributed by atoms with E-state index >= 15 is 0 Å². The lowest BCUT2D eigenvalue weighted by Crippen LogP contribution is -2.23. The Labute approximate surface area is 155 Å². The molecule has 148 valence electrons. The van der Waals surface area contributed by atoms with Crippen LogP contribution in [0.4, 0.5) is 22.0 Å². The van der Waals surface area contributed by atoms with E-state index in [4.69, 9.17) is 21.5 Å². The molecule has 0 radical (unpaired) electrons. The SMILES string of the molecule is CN(Cc1c(F)cccc1F)Cc1cc(Cl)c[nH]c1=O.O=C(O)C(F)(F)F. The van der Waals surface area contributed by atoms with Gasteiger partial charge in [-0.15, -0.1) is 0 Å². The predicted octanol–water partition coefficient (Wildman–Crippen LogP) is 3.57. The molecule has 0 atom stereocenters. The van der Waals surface area contributed by atoms with Crippen LogP contribution in [0.2, 0.25) is 5.02 Å². The number of aromatic nitrogens is 1. The van der Waals surface area contributed by atoms with Crippen molar-refractivity contribution in [1.29, 1.82) is 0 Å². The van der Waals surface area contributed by atoms with E-state index in [0.717, 1.165) is 0 Å². The van der Waals surface area contributed by atoms with E-state index in [9.17, 15) is 26.7 Å². The fourth-order valence-electron chi connectivity index (χ4n) is 1.92. The number of aromatic amines is 1. The molecule has 1 heterocycles. The van der Waals surface area contributed by atoms with Crippen LogP contribution in [0.25, 0.3) is 0 Å². The Bertz CT molecular complexity index is 834. The van der Waals surface area contributed by atoms with E-state index < -0.39 is 23.8 Å². The number of nitrogens with zero attached hydrogens (tertiary/aromatic N) is 1. The second kappa shape index (κ2) is 9.47. The maximum absolute atomic E-state index is 13.5. The van der Waals surface area contributed by atoms with Crippen LogP contribution in [0.15, 0.2) is 35.3 Å². The minimum atomic E-state index is -5.08. The van der Waals surface area contributed by atoms with Crippen molar-refractivity contribution in [3.63, 3.8) is 0 Å². The molecule has 0 aliphatic carbocycles. The van der Waals surface area contributed by atoms with Gasteiger partial charge in [0.2, 0.25) is 0 Å². The summed E-state index contributed by atoms with van der Waals surface area (Å²) in [6.45, 7) is 0.300. The van der Waals surface area contributed by atoms with Gasteiger partial charge in [-0.3, -0.25) is 9.69 Å². The fraction of sp³-hybridized carbons (Fsp3) is 0.250. The van der Waals surface area contributed by atoms with Crippen LogP contribution in [0, 0.1) is 11.6 Å². The monoisotopic (exact) mass is 412 g/mol. The minimum absolute atomic E-state index is 0.0199. The summed E-state index contributed by atoms with van der Waals surface area (Å²) < 4.78 is 58.8. The molecule has 2 N–H and O–H groups in total. The summed E-state index contributed by atoms with van der Waals surface area (Å²) in [6.07, 6.45) is -3.69. The summed E-state index contributed by atoms with van der Waals surface area (Å²) >= 11 is 5.80. The van der Waals surface area contributed by atoms with Crippen LogP contribution >= 0.6 is 11.6 Å². The molecule has 2 aromatic rings. The van der Waals surface area contributed by atoms with Crippen LogP contribution in [0.1, 0.15) is 11.1 Å². The number of benzene rings is 1. The smallest absolute Gasteiger partial charge is 0.475 e. The summed E-state index contributed by atoms with van der Waals surface area (Å²) in [7, 11) is 1.67. The molecule has 0 bridgehead atoms. The molecule has 1 aromatic heterocycles. The molecule has 1 aromatic carbocycles. The molecule has 11 heteroatoms. The molecule has 0 spiro atoms. The third-order valence-electron chi connectivity index (χ3n) is 3.12. The molecule has 2 rings (SSSR count). The fourth-order valence-corrected chi connectivity index (χ4v) is 2.10. The summed E-state index contributed by atoms with van der Waals surface area (Å²) in [4.78, 5) is 24.6. The van der Waals surface area contributed by atoms with Crippen LogP contribution in [0.5, 0.6) is 0 Å². The lowest BCUT2D eigenvalue weighted by Gasteiger charge is -2.17. The van der Waals surface area contributed by atoms with Crippen molar-refractivity contribution in [2.45, 2.75) is 19.3 Å². The molecule has 0 aliphatic rings. The third-order valence-corrected chi connectivity index (χ3v) is 3.34. The first-order valence-corrected chi connectivity index (χ1v) is 7.58. The summed E-state index contributed by atoms with van der Waals surface area (Å²) in [5.74, 6) is -3.96. The molecular formula is C16H14ClF5N2O3. The Balaban J connectivity index is 0.000000445. The van der Waals surface area contributed by atoms with Gasteiger partial charge >= 0.3 is 12.1 Å². The number of alkyl halides is 3. The first kappa shape index (κ1) is 22.6. The molecule has 0 amide bonds. The summed E-state index contributed by atoms with van der Waals surface area (Å²) in [5, 5.41) is 7.53. The number of nitrogens with one attached hydrogen (secondary N) is 1. The second-order valence-corrected chi connectivity index (χ2v) is 5.78. The Hall–Kier alpha value is -2.46. The van der Waals surface area contributed by atoms with Gasteiger partial charge in [-0.25, -0.2) is 13.6 Å². The second-order valence-electron chi connectivity index (χ2n) is 5.35. The van der Waals surface area contributed by atoms with Crippen molar-refractivity contribution in [3.8, 4) is 0 Å². The number of pyridine rings is 1. The highest BCUT2D eigenvalue weighted by molar-refractivity contribution is 6.30. The lowest BCUT2D eigenvalue weighted by molar-refractivity contribution is -0.192. The van der Waals surface area contributed by atoms with E-state index in [0.29, 0.717) is 10.6 Å². The normalized spacial score (nSPS) is 11.1. The average Bonchev–Trinajstić information content (AvgIpc) is 2.54. The molecule has 0 saturated heterocycles. The van der Waals surface area contributed by atoms with Crippen LogP contribution in [-0.4, -0.2) is 34.2 Å². The Morgan fingerprint density at radius 1 is 1.22 bits per heavy atom. The number of rotatable bonds is 4. The number of halogens is 6. The number of H-pyrrole nitrogens is 1. The predicted molar refractivity (Wildman–Crippen MR) is 87.3 cm³/mol. The van der Waals surface area contributed by atoms with Gasteiger partial charge in [0.25, 0.3) is 5.56 Å². The molecule has 0 fully saturated rings. The van der Waals surface area contributed by atoms with Crippen molar-refractivity contribution < 1.29 is 31.9 Å². The van der Waals surface area contributed by atoms with Gasteiger partial charge in [0, 0.05) is 30.4 Å². The highest BCUT2D eigenvalue weighted by Crippen LogP contribution is 2.15. The Morgan fingerprint density at radius 2 is 1.74 bits per heavy atom. The van der Waals surface area contributed by atoms with Crippen LogP contribution in [-0.2, 0) is 17.9 Å². The number of carboxylic acids is 1. The average molecular weight is 413 g/mol. The van der Waals surface area contributed by atoms with E-state index in [1.54, 1.807) is 11.9 Å². The quantitative estimate of drug-likeness (QED) is 0.753. The number of hydrogen-bond acceptors (Lipinski definition) is 3. The van der Waals surface area contributed by atoms with Crippen molar-refractivity contribution in [2.24, 2.45) is 0 Å². The number of hydrogen-bond donors (Lipinski definition) is 2. The van der Waals surface area contributed by atoms with E-state index in [1.165, 1.54) is 30.5 Å². The van der Waals surface area contributed by atoms with E-state index in [1.807, 2.05) is 0 Å². The van der Waals surface area contributed by atoms with Crippen LogP contribution in [0.3, 0.4) is 0 Å². The van der Waals surface area contributed by atoms with Crippen molar-refractivity contribution in [3.05, 3.63) is 68.6 Å². The van der Waals surface area contributed by atoms with E-state index in [-0.39, 0.29) is 24.2 Å². The standard InChI is InChI=1S/C14H13ClF2N2O.C2HF3O2/c1-19(7-9-5-10(15)6-18-14(9)20)8-11-12(16)3-2-4-13(11)17;3-2(4,5)1(6)7/h2-6H,7-8H2,1H3,(H,18,20);(H,6,7). The lowest BCUT2D eigenvalue weighted by atomic mass is 10.1. The van der Waals surface area contributed by atoms with Gasteiger partial charge in [0.1, 0.15) is 11.6 Å². The van der Waals surface area contributed by atoms with Gasteiger partial charge in [0.05, 0.1) is 5.02 Å². The van der Waals surface area contributed by atoms with Crippen molar-refractivity contribution in [1.82, 2.24) is 9.88 Å². The van der Waals surface area contributed by atoms with Gasteiger partial charge < -0.3 is 10.1 Å². The zero-order valence-corrected chi connectivity index (χ0v) is 14.5. The number of carboxylic acid groups (broad SMARTS) is 1. The first-order valence-electron chi connectivity index (χ1n) is 7.20. The van der Waals surface area contributed by atoms with Gasteiger partial charge in [-0.2, -0.15) is 13.2 Å². The van der Waals surface area contributed by atoms with E-state index in [2.05, 4.69) is 4.98 Å². The molecule has 0 aliphatic heterocycles. The van der Waals surface area contributed by atoms with Gasteiger partial charge in [-0.05, 0) is 25.2 Å². The molecule has 0 unspecified atom stereocenters. The first-order chi connectivity index (χ1) is 12.4. The molecule has 5 nitrogen and oxygen atoms in total. The summed E-state index contributed by atoms with van der Waals surface area (Å²) in [5.41, 5.74) is 0.153. The molecule has 0 saturated carbocycles. The van der Waals surface area contributed by atoms with Gasteiger partial charge in [-0.1, -0.05) is 17.7 Å². The largest absolute Gasteiger partial charge is 0.490 e. The van der Waals surface area contributed by atoms with Crippen molar-refractivity contribution in [2.75, 3.05) is 7.05 Å². The topological polar surface area (TPSA) is 73.4 Å². The zero-order valence-electron chi connectivity index (χ0n) is 13.8. The highest BCUT2D eigenvalue weighted by atomic mass is 35.5. The minimum Gasteiger partial charge on any atom is -0.475 e.